The van der Waals surface area contributed by atoms with Crippen molar-refractivity contribution < 1.29 is 13.2 Å². The molecule has 2 rings (SSSR count). The number of carbonyl (C=O) groups is 1. The lowest BCUT2D eigenvalue weighted by molar-refractivity contribution is -0.117. The summed E-state index contributed by atoms with van der Waals surface area (Å²) in [5.41, 5.74) is 2.91. The van der Waals surface area contributed by atoms with E-state index >= 15 is 0 Å². The van der Waals surface area contributed by atoms with Crippen LogP contribution in [-0.4, -0.2) is 26.6 Å². The van der Waals surface area contributed by atoms with Gasteiger partial charge in [-0.15, -0.1) is 0 Å². The standard InChI is InChI=1S/C19H23ClN2O3S/c1-5-17(19(23)21-18-13(2)8-6-9-14(18)3)22(26(4,24)25)16-11-7-10-15(20)12-16/h6-12,17H,5H2,1-4H3,(H,21,23)/t17-/m1/s1. The molecule has 0 aliphatic rings. The van der Waals surface area contributed by atoms with Crippen LogP contribution in [0.1, 0.15) is 24.5 Å². The lowest BCUT2D eigenvalue weighted by atomic mass is 10.1. The Morgan fingerprint density at radius 3 is 2.23 bits per heavy atom. The first-order valence-electron chi connectivity index (χ1n) is 8.27. The molecule has 0 bridgehead atoms. The second kappa shape index (κ2) is 8.10. The van der Waals surface area contributed by atoms with Crippen molar-refractivity contribution in [3.63, 3.8) is 0 Å². The zero-order chi connectivity index (χ0) is 19.5. The second-order valence-corrected chi connectivity index (χ2v) is 8.51. The summed E-state index contributed by atoms with van der Waals surface area (Å²) in [6, 6.07) is 11.3. The summed E-state index contributed by atoms with van der Waals surface area (Å²) in [5, 5.41) is 3.29. The van der Waals surface area contributed by atoms with Gasteiger partial charge in [0.05, 0.1) is 11.9 Å². The Bertz CT molecular complexity index is 893. The van der Waals surface area contributed by atoms with Crippen molar-refractivity contribution in [3.05, 3.63) is 58.6 Å². The molecule has 1 atom stereocenters. The number of nitrogens with zero attached hydrogens (tertiary/aromatic N) is 1. The number of para-hydroxylation sites is 1. The summed E-state index contributed by atoms with van der Waals surface area (Å²) in [4.78, 5) is 12.9. The van der Waals surface area contributed by atoms with Gasteiger partial charge in [-0.25, -0.2) is 8.42 Å². The van der Waals surface area contributed by atoms with Crippen LogP contribution in [0, 0.1) is 13.8 Å². The molecular formula is C19H23ClN2O3S. The summed E-state index contributed by atoms with van der Waals surface area (Å²) in [6.07, 6.45) is 1.40. The molecule has 0 radical (unpaired) electrons. The van der Waals surface area contributed by atoms with Crippen LogP contribution in [0.5, 0.6) is 0 Å². The maximum atomic E-state index is 12.9. The SMILES string of the molecule is CC[C@H](C(=O)Nc1c(C)cccc1C)N(c1cccc(Cl)c1)S(C)(=O)=O. The molecule has 0 fully saturated rings. The first-order chi connectivity index (χ1) is 12.1. The molecule has 2 aromatic carbocycles. The van der Waals surface area contributed by atoms with Gasteiger partial charge >= 0.3 is 0 Å². The third-order valence-corrected chi connectivity index (χ3v) is 5.54. The lowest BCUT2D eigenvalue weighted by Gasteiger charge is -2.30. The van der Waals surface area contributed by atoms with E-state index in [1.54, 1.807) is 25.1 Å². The van der Waals surface area contributed by atoms with Crippen molar-refractivity contribution in [1.29, 1.82) is 0 Å². The fraction of sp³-hybridized carbons (Fsp3) is 0.316. The summed E-state index contributed by atoms with van der Waals surface area (Å²) in [5.74, 6) is -0.379. The summed E-state index contributed by atoms with van der Waals surface area (Å²) >= 11 is 6.02. The average molecular weight is 395 g/mol. The molecule has 5 nitrogen and oxygen atoms in total. The van der Waals surface area contributed by atoms with Crippen molar-refractivity contribution in [2.24, 2.45) is 0 Å². The monoisotopic (exact) mass is 394 g/mol. The highest BCUT2D eigenvalue weighted by Crippen LogP contribution is 2.27. The van der Waals surface area contributed by atoms with Gasteiger partial charge in [0.15, 0.2) is 0 Å². The van der Waals surface area contributed by atoms with E-state index in [0.717, 1.165) is 21.7 Å². The van der Waals surface area contributed by atoms with Crippen molar-refractivity contribution in [1.82, 2.24) is 0 Å². The number of amides is 1. The first-order valence-corrected chi connectivity index (χ1v) is 10.5. The van der Waals surface area contributed by atoms with Crippen LogP contribution in [-0.2, 0) is 14.8 Å². The maximum Gasteiger partial charge on any atom is 0.248 e. The number of halogens is 1. The molecule has 0 heterocycles. The summed E-state index contributed by atoms with van der Waals surface area (Å²) in [6.45, 7) is 5.57. The molecule has 26 heavy (non-hydrogen) atoms. The minimum absolute atomic E-state index is 0.316. The maximum absolute atomic E-state index is 12.9. The van der Waals surface area contributed by atoms with Gasteiger partial charge in [0.25, 0.3) is 0 Å². The Balaban J connectivity index is 2.43. The fourth-order valence-electron chi connectivity index (χ4n) is 2.89. The molecule has 1 amide bonds. The van der Waals surface area contributed by atoms with Crippen LogP contribution in [0.3, 0.4) is 0 Å². The minimum Gasteiger partial charge on any atom is -0.324 e. The summed E-state index contributed by atoms with van der Waals surface area (Å²) in [7, 11) is -3.69. The molecule has 0 saturated carbocycles. The highest BCUT2D eigenvalue weighted by Gasteiger charge is 2.32. The molecule has 140 valence electrons. The summed E-state index contributed by atoms with van der Waals surface area (Å²) < 4.78 is 26.0. The zero-order valence-corrected chi connectivity index (χ0v) is 16.9. The van der Waals surface area contributed by atoms with Crippen LogP contribution < -0.4 is 9.62 Å². The van der Waals surface area contributed by atoms with E-state index in [2.05, 4.69) is 5.32 Å². The molecule has 7 heteroatoms. The molecule has 0 spiro atoms. The van der Waals surface area contributed by atoms with Crippen molar-refractivity contribution in [2.45, 2.75) is 33.2 Å². The normalized spacial score (nSPS) is 12.5. The smallest absolute Gasteiger partial charge is 0.248 e. The highest BCUT2D eigenvalue weighted by atomic mass is 35.5. The Kier molecular flexibility index (Phi) is 6.31. The first kappa shape index (κ1) is 20.3. The van der Waals surface area contributed by atoms with E-state index < -0.39 is 16.1 Å². The number of aryl methyl sites for hydroxylation is 2. The van der Waals surface area contributed by atoms with Gasteiger partial charge in [-0.1, -0.05) is 42.8 Å². The molecular weight excluding hydrogens is 372 g/mol. The Morgan fingerprint density at radius 2 is 1.73 bits per heavy atom. The van der Waals surface area contributed by atoms with E-state index in [-0.39, 0.29) is 5.91 Å². The Morgan fingerprint density at radius 1 is 1.15 bits per heavy atom. The van der Waals surface area contributed by atoms with Crippen LogP contribution in [0.25, 0.3) is 0 Å². The zero-order valence-electron chi connectivity index (χ0n) is 15.3. The number of rotatable bonds is 6. The van der Waals surface area contributed by atoms with Gasteiger partial charge in [-0.3, -0.25) is 9.10 Å². The molecule has 2 aromatic rings. The highest BCUT2D eigenvalue weighted by molar-refractivity contribution is 7.92. The predicted molar refractivity (Wildman–Crippen MR) is 107 cm³/mol. The van der Waals surface area contributed by atoms with Gasteiger partial charge in [0.1, 0.15) is 6.04 Å². The molecule has 0 aliphatic carbocycles. The minimum atomic E-state index is -3.69. The largest absolute Gasteiger partial charge is 0.324 e. The van der Waals surface area contributed by atoms with E-state index in [1.165, 1.54) is 6.07 Å². The van der Waals surface area contributed by atoms with Crippen molar-refractivity contribution in [2.75, 3.05) is 15.9 Å². The number of benzene rings is 2. The predicted octanol–water partition coefficient (Wildman–Crippen LogP) is 4.14. The van der Waals surface area contributed by atoms with Gasteiger partial charge in [-0.05, 0) is 49.6 Å². The van der Waals surface area contributed by atoms with Crippen molar-refractivity contribution in [3.8, 4) is 0 Å². The van der Waals surface area contributed by atoms with Gasteiger partial charge in [0, 0.05) is 10.7 Å². The third-order valence-electron chi connectivity index (χ3n) is 4.12. The number of nitrogens with one attached hydrogen (secondary N) is 1. The van der Waals surface area contributed by atoms with E-state index in [0.29, 0.717) is 22.8 Å². The number of carbonyl (C=O) groups excluding carboxylic acids is 1. The van der Waals surface area contributed by atoms with Gasteiger partial charge in [0.2, 0.25) is 15.9 Å². The lowest BCUT2D eigenvalue weighted by Crippen LogP contribution is -2.47. The molecule has 0 aromatic heterocycles. The fourth-order valence-corrected chi connectivity index (χ4v) is 4.28. The third kappa shape index (κ3) is 4.56. The van der Waals surface area contributed by atoms with E-state index in [1.807, 2.05) is 32.0 Å². The van der Waals surface area contributed by atoms with Gasteiger partial charge < -0.3 is 5.32 Å². The number of sulfonamides is 1. The molecule has 0 aliphatic heterocycles. The Hall–Kier alpha value is -2.05. The molecule has 0 unspecified atom stereocenters. The van der Waals surface area contributed by atoms with Crippen molar-refractivity contribution >= 4 is 38.9 Å². The number of anilines is 2. The molecule has 1 N–H and O–H groups in total. The number of hydrogen-bond donors (Lipinski definition) is 1. The average Bonchev–Trinajstić information content (AvgIpc) is 2.54. The molecule has 0 saturated heterocycles. The topological polar surface area (TPSA) is 66.5 Å². The van der Waals surface area contributed by atoms with E-state index in [9.17, 15) is 13.2 Å². The van der Waals surface area contributed by atoms with Crippen LogP contribution in [0.15, 0.2) is 42.5 Å². The van der Waals surface area contributed by atoms with Gasteiger partial charge in [-0.2, -0.15) is 0 Å². The van der Waals surface area contributed by atoms with Crippen LogP contribution in [0.2, 0.25) is 5.02 Å². The second-order valence-electron chi connectivity index (χ2n) is 6.22. The number of hydrogen-bond acceptors (Lipinski definition) is 3. The van der Waals surface area contributed by atoms with Crippen LogP contribution in [0.4, 0.5) is 11.4 Å². The van der Waals surface area contributed by atoms with E-state index in [4.69, 9.17) is 11.6 Å². The quantitative estimate of drug-likeness (QED) is 0.800. The van der Waals surface area contributed by atoms with Crippen LogP contribution >= 0.6 is 11.6 Å². The Labute approximate surface area is 160 Å².